The molecule has 0 aliphatic carbocycles. The first-order chi connectivity index (χ1) is 10.0. The van der Waals surface area contributed by atoms with Gasteiger partial charge in [-0.05, 0) is 30.3 Å². The molecule has 0 atom stereocenters. The molecule has 7 heteroatoms. The van der Waals surface area contributed by atoms with Gasteiger partial charge in [-0.15, -0.1) is 0 Å². The van der Waals surface area contributed by atoms with Crippen molar-refractivity contribution in [2.24, 2.45) is 0 Å². The zero-order chi connectivity index (χ0) is 15.4. The summed E-state index contributed by atoms with van der Waals surface area (Å²) in [6.45, 7) is 0. The van der Waals surface area contributed by atoms with E-state index in [1.807, 2.05) is 6.07 Å². The summed E-state index contributed by atoms with van der Waals surface area (Å²) in [5.74, 6) is -1.01. The minimum Gasteiger partial charge on any atom is -0.478 e. The average molecular weight is 300 g/mol. The van der Waals surface area contributed by atoms with Crippen molar-refractivity contribution in [1.82, 2.24) is 0 Å². The summed E-state index contributed by atoms with van der Waals surface area (Å²) in [6.07, 6.45) is 0. The van der Waals surface area contributed by atoms with Crippen molar-refractivity contribution in [3.05, 3.63) is 63.7 Å². The molecule has 1 N–H and O–H groups in total. The van der Waals surface area contributed by atoms with E-state index in [0.29, 0.717) is 4.90 Å². The fraction of sp³-hybridized carbons (Fsp3) is 0. The Bertz CT molecular complexity index is 751. The SMILES string of the molecule is N#Cc1cc([N+](=O)[O-])ccc1Sc1ccc(C(=O)O)cc1. The minimum absolute atomic E-state index is 0.142. The molecule has 0 heterocycles. The van der Waals surface area contributed by atoms with E-state index in [-0.39, 0.29) is 16.8 Å². The molecule has 0 saturated heterocycles. The van der Waals surface area contributed by atoms with E-state index < -0.39 is 10.9 Å². The average Bonchev–Trinajstić information content (AvgIpc) is 2.48. The van der Waals surface area contributed by atoms with E-state index in [4.69, 9.17) is 10.4 Å². The fourth-order valence-electron chi connectivity index (χ4n) is 1.60. The highest BCUT2D eigenvalue weighted by Crippen LogP contribution is 2.32. The summed E-state index contributed by atoms with van der Waals surface area (Å²) in [5.41, 5.74) is 0.234. The van der Waals surface area contributed by atoms with Crippen LogP contribution in [-0.4, -0.2) is 16.0 Å². The zero-order valence-corrected chi connectivity index (χ0v) is 11.3. The van der Waals surface area contributed by atoms with Crippen LogP contribution in [0.25, 0.3) is 0 Å². The molecule has 0 aliphatic rings. The summed E-state index contributed by atoms with van der Waals surface area (Å²) in [7, 11) is 0. The normalized spacial score (nSPS) is 9.86. The number of nitro groups is 1. The molecular weight excluding hydrogens is 292 g/mol. The van der Waals surface area contributed by atoms with Gasteiger partial charge < -0.3 is 5.11 Å². The predicted molar refractivity (Wildman–Crippen MR) is 75.3 cm³/mol. The Morgan fingerprint density at radius 3 is 2.43 bits per heavy atom. The van der Waals surface area contributed by atoms with Crippen LogP contribution in [0.4, 0.5) is 5.69 Å². The number of nitriles is 1. The molecule has 0 unspecified atom stereocenters. The van der Waals surface area contributed by atoms with Crippen LogP contribution in [-0.2, 0) is 0 Å². The Kier molecular flexibility index (Phi) is 4.21. The Morgan fingerprint density at radius 1 is 1.24 bits per heavy atom. The van der Waals surface area contributed by atoms with Crippen molar-refractivity contribution in [1.29, 1.82) is 5.26 Å². The van der Waals surface area contributed by atoms with Gasteiger partial charge in [-0.3, -0.25) is 10.1 Å². The first-order valence-electron chi connectivity index (χ1n) is 5.71. The molecule has 0 fully saturated rings. The number of non-ortho nitro benzene ring substituents is 1. The molecule has 2 aromatic rings. The maximum absolute atomic E-state index is 10.8. The summed E-state index contributed by atoms with van der Waals surface area (Å²) in [6, 6.07) is 12.1. The lowest BCUT2D eigenvalue weighted by Crippen LogP contribution is -1.94. The van der Waals surface area contributed by atoms with Crippen molar-refractivity contribution in [2.75, 3.05) is 0 Å². The van der Waals surface area contributed by atoms with Gasteiger partial charge in [0.1, 0.15) is 6.07 Å². The molecule has 0 amide bonds. The van der Waals surface area contributed by atoms with Gasteiger partial charge in [-0.1, -0.05) is 11.8 Å². The topological polar surface area (TPSA) is 104 Å². The summed E-state index contributed by atoms with van der Waals surface area (Å²) < 4.78 is 0. The first kappa shape index (κ1) is 14.6. The summed E-state index contributed by atoms with van der Waals surface area (Å²) in [5, 5.41) is 28.5. The number of carboxylic acid groups (broad SMARTS) is 1. The van der Waals surface area contributed by atoms with Crippen molar-refractivity contribution >= 4 is 23.4 Å². The Morgan fingerprint density at radius 2 is 1.90 bits per heavy atom. The molecule has 6 nitrogen and oxygen atoms in total. The predicted octanol–water partition coefficient (Wildman–Crippen LogP) is 3.32. The number of benzene rings is 2. The fourth-order valence-corrected chi connectivity index (χ4v) is 2.48. The first-order valence-corrected chi connectivity index (χ1v) is 6.52. The van der Waals surface area contributed by atoms with Gasteiger partial charge in [0.05, 0.1) is 16.1 Å². The second kappa shape index (κ2) is 6.07. The van der Waals surface area contributed by atoms with E-state index in [9.17, 15) is 14.9 Å². The van der Waals surface area contributed by atoms with Crippen LogP contribution in [0, 0.1) is 21.4 Å². The monoisotopic (exact) mass is 300 g/mol. The maximum Gasteiger partial charge on any atom is 0.335 e. The molecular formula is C14H8N2O4S. The van der Waals surface area contributed by atoms with Crippen LogP contribution in [0.1, 0.15) is 15.9 Å². The maximum atomic E-state index is 10.8. The summed E-state index contributed by atoms with van der Waals surface area (Å²) in [4.78, 5) is 22.2. The van der Waals surface area contributed by atoms with Crippen LogP contribution in [0.2, 0.25) is 0 Å². The number of carboxylic acids is 1. The van der Waals surface area contributed by atoms with Crippen molar-refractivity contribution < 1.29 is 14.8 Å². The molecule has 21 heavy (non-hydrogen) atoms. The molecule has 0 saturated carbocycles. The molecule has 0 aliphatic heterocycles. The second-order valence-electron chi connectivity index (χ2n) is 3.98. The molecule has 0 spiro atoms. The lowest BCUT2D eigenvalue weighted by atomic mass is 10.2. The lowest BCUT2D eigenvalue weighted by Gasteiger charge is -2.04. The van der Waals surface area contributed by atoms with Gasteiger partial charge in [0.15, 0.2) is 0 Å². The largest absolute Gasteiger partial charge is 0.478 e. The van der Waals surface area contributed by atoms with Crippen molar-refractivity contribution in [2.45, 2.75) is 9.79 Å². The number of rotatable bonds is 4. The Hall–Kier alpha value is -2.85. The molecule has 0 radical (unpaired) electrons. The number of aromatic carboxylic acids is 1. The van der Waals surface area contributed by atoms with E-state index in [1.165, 1.54) is 42.1 Å². The van der Waals surface area contributed by atoms with E-state index in [2.05, 4.69) is 0 Å². The Labute approximate surface area is 123 Å². The van der Waals surface area contributed by atoms with Crippen LogP contribution in [0.15, 0.2) is 52.3 Å². The third-order valence-electron chi connectivity index (χ3n) is 2.62. The Balaban J connectivity index is 2.29. The third kappa shape index (κ3) is 3.38. The highest BCUT2D eigenvalue weighted by atomic mass is 32.2. The molecule has 104 valence electrons. The number of hydrogen-bond acceptors (Lipinski definition) is 5. The van der Waals surface area contributed by atoms with Gasteiger partial charge >= 0.3 is 5.97 Å². The summed E-state index contributed by atoms with van der Waals surface area (Å²) >= 11 is 1.24. The van der Waals surface area contributed by atoms with Gasteiger partial charge in [0.25, 0.3) is 5.69 Å². The van der Waals surface area contributed by atoms with E-state index in [0.717, 1.165) is 4.90 Å². The van der Waals surface area contributed by atoms with Gasteiger partial charge in [0, 0.05) is 21.9 Å². The number of hydrogen-bond donors (Lipinski definition) is 1. The highest BCUT2D eigenvalue weighted by Gasteiger charge is 2.12. The smallest absolute Gasteiger partial charge is 0.335 e. The lowest BCUT2D eigenvalue weighted by molar-refractivity contribution is -0.384. The van der Waals surface area contributed by atoms with Crippen LogP contribution < -0.4 is 0 Å². The molecule has 2 rings (SSSR count). The van der Waals surface area contributed by atoms with Crippen LogP contribution in [0.5, 0.6) is 0 Å². The number of nitro benzene ring substituents is 1. The van der Waals surface area contributed by atoms with E-state index >= 15 is 0 Å². The van der Waals surface area contributed by atoms with Gasteiger partial charge in [-0.25, -0.2) is 4.79 Å². The van der Waals surface area contributed by atoms with Crippen molar-refractivity contribution in [3.63, 3.8) is 0 Å². The van der Waals surface area contributed by atoms with Crippen molar-refractivity contribution in [3.8, 4) is 6.07 Å². The van der Waals surface area contributed by atoms with E-state index in [1.54, 1.807) is 12.1 Å². The van der Waals surface area contributed by atoms with Gasteiger partial charge in [0.2, 0.25) is 0 Å². The van der Waals surface area contributed by atoms with Crippen LogP contribution in [0.3, 0.4) is 0 Å². The standard InChI is InChI=1S/C14H8N2O4S/c15-8-10-7-11(16(19)20)3-6-13(10)21-12-4-1-9(2-5-12)14(17)18/h1-7H,(H,17,18). The quantitative estimate of drug-likeness (QED) is 0.686. The molecule has 0 aromatic heterocycles. The minimum atomic E-state index is -1.01. The van der Waals surface area contributed by atoms with Gasteiger partial charge in [-0.2, -0.15) is 5.26 Å². The number of carbonyl (C=O) groups is 1. The number of nitrogens with zero attached hydrogens (tertiary/aromatic N) is 2. The third-order valence-corrected chi connectivity index (χ3v) is 3.71. The molecule has 2 aromatic carbocycles. The molecule has 0 bridgehead atoms. The highest BCUT2D eigenvalue weighted by molar-refractivity contribution is 7.99. The zero-order valence-electron chi connectivity index (χ0n) is 10.5. The second-order valence-corrected chi connectivity index (χ2v) is 5.10. The van der Waals surface area contributed by atoms with Crippen LogP contribution >= 0.6 is 11.8 Å².